The molecule has 7 nitrogen and oxygen atoms in total. The summed E-state index contributed by atoms with van der Waals surface area (Å²) in [5.74, 6) is -0.658. The Hall–Kier alpha value is -2.74. The SMILES string of the molecule is CCOC(=O)Cc1cccc(S(=O)(=O)c2ccccc2)c1[N+](=O)[O-]. The molecule has 0 bridgehead atoms. The number of sulfone groups is 1. The third-order valence-electron chi connectivity index (χ3n) is 3.25. The Labute approximate surface area is 139 Å². The van der Waals surface area contributed by atoms with E-state index in [-0.39, 0.29) is 23.5 Å². The Morgan fingerprint density at radius 1 is 1.12 bits per heavy atom. The van der Waals surface area contributed by atoms with Crippen LogP contribution in [0.2, 0.25) is 0 Å². The molecule has 0 heterocycles. The molecule has 24 heavy (non-hydrogen) atoms. The van der Waals surface area contributed by atoms with Gasteiger partial charge >= 0.3 is 5.97 Å². The van der Waals surface area contributed by atoms with Gasteiger partial charge in [-0.25, -0.2) is 8.42 Å². The van der Waals surface area contributed by atoms with Gasteiger partial charge < -0.3 is 4.74 Å². The molecule has 0 atom stereocenters. The molecule has 0 aliphatic carbocycles. The number of nitro groups is 1. The Morgan fingerprint density at radius 3 is 2.38 bits per heavy atom. The fourth-order valence-electron chi connectivity index (χ4n) is 2.23. The summed E-state index contributed by atoms with van der Waals surface area (Å²) in [4.78, 5) is 21.8. The largest absolute Gasteiger partial charge is 0.466 e. The summed E-state index contributed by atoms with van der Waals surface area (Å²) >= 11 is 0. The van der Waals surface area contributed by atoms with E-state index in [4.69, 9.17) is 4.74 Å². The third kappa shape index (κ3) is 3.60. The number of ether oxygens (including phenoxy) is 1. The van der Waals surface area contributed by atoms with E-state index in [1.807, 2.05) is 0 Å². The quantitative estimate of drug-likeness (QED) is 0.451. The Bertz CT molecular complexity index is 861. The van der Waals surface area contributed by atoms with E-state index in [0.29, 0.717) is 0 Å². The fraction of sp³-hybridized carbons (Fsp3) is 0.188. The van der Waals surface area contributed by atoms with Gasteiger partial charge in [-0.1, -0.05) is 30.3 Å². The number of rotatable bonds is 6. The second-order valence-corrected chi connectivity index (χ2v) is 6.74. The van der Waals surface area contributed by atoms with Gasteiger partial charge in [0.25, 0.3) is 5.69 Å². The number of esters is 1. The molecule has 0 N–H and O–H groups in total. The molecule has 126 valence electrons. The molecule has 0 unspecified atom stereocenters. The first-order valence-electron chi connectivity index (χ1n) is 7.10. The zero-order valence-electron chi connectivity index (χ0n) is 12.8. The first-order valence-corrected chi connectivity index (χ1v) is 8.58. The standard InChI is InChI=1S/C16H15NO6S/c1-2-23-15(18)11-12-7-6-10-14(16(12)17(19)20)24(21,22)13-8-4-3-5-9-13/h3-10H,2,11H2,1H3. The molecule has 2 rings (SSSR count). The van der Waals surface area contributed by atoms with E-state index in [1.54, 1.807) is 13.0 Å². The highest BCUT2D eigenvalue weighted by molar-refractivity contribution is 7.91. The molecule has 0 aromatic heterocycles. The number of para-hydroxylation sites is 1. The fourth-order valence-corrected chi connectivity index (χ4v) is 3.72. The molecule has 0 radical (unpaired) electrons. The van der Waals surface area contributed by atoms with Gasteiger partial charge in [0.05, 0.1) is 22.8 Å². The summed E-state index contributed by atoms with van der Waals surface area (Å²) in [6.07, 6.45) is -0.373. The van der Waals surface area contributed by atoms with Crippen molar-refractivity contribution in [3.63, 3.8) is 0 Å². The monoisotopic (exact) mass is 349 g/mol. The van der Waals surface area contributed by atoms with Crippen molar-refractivity contribution >= 4 is 21.5 Å². The van der Waals surface area contributed by atoms with Gasteiger partial charge in [-0.3, -0.25) is 14.9 Å². The van der Waals surface area contributed by atoms with Crippen LogP contribution in [0.15, 0.2) is 58.3 Å². The second-order valence-electron chi connectivity index (χ2n) is 4.82. The Morgan fingerprint density at radius 2 is 1.79 bits per heavy atom. The van der Waals surface area contributed by atoms with Crippen molar-refractivity contribution in [3.05, 3.63) is 64.2 Å². The van der Waals surface area contributed by atoms with Crippen LogP contribution in [-0.2, 0) is 25.8 Å². The average Bonchev–Trinajstić information content (AvgIpc) is 2.55. The van der Waals surface area contributed by atoms with E-state index < -0.39 is 31.3 Å². The topological polar surface area (TPSA) is 104 Å². The van der Waals surface area contributed by atoms with E-state index in [9.17, 15) is 23.3 Å². The average molecular weight is 349 g/mol. The van der Waals surface area contributed by atoms with E-state index in [1.165, 1.54) is 36.4 Å². The van der Waals surface area contributed by atoms with Crippen molar-refractivity contribution in [2.24, 2.45) is 0 Å². The summed E-state index contributed by atoms with van der Waals surface area (Å²) in [5.41, 5.74) is -0.607. The maximum atomic E-state index is 12.7. The van der Waals surface area contributed by atoms with Gasteiger partial charge in [0.1, 0.15) is 4.90 Å². The van der Waals surface area contributed by atoms with Crippen LogP contribution in [0.1, 0.15) is 12.5 Å². The number of benzene rings is 2. The summed E-state index contributed by atoms with van der Waals surface area (Å²) in [5, 5.41) is 11.4. The summed E-state index contributed by atoms with van der Waals surface area (Å²) in [6.45, 7) is 1.75. The molecule has 0 fully saturated rings. The maximum absolute atomic E-state index is 12.7. The minimum absolute atomic E-state index is 0.00421. The lowest BCUT2D eigenvalue weighted by Crippen LogP contribution is -2.12. The molecule has 0 aliphatic heterocycles. The van der Waals surface area contributed by atoms with E-state index in [0.717, 1.165) is 6.07 Å². The number of nitrogens with zero attached hydrogens (tertiary/aromatic N) is 1. The molecular formula is C16H15NO6S. The van der Waals surface area contributed by atoms with Crippen LogP contribution < -0.4 is 0 Å². The van der Waals surface area contributed by atoms with Crippen LogP contribution in [0.3, 0.4) is 0 Å². The highest BCUT2D eigenvalue weighted by Gasteiger charge is 2.30. The lowest BCUT2D eigenvalue weighted by molar-refractivity contribution is -0.388. The van der Waals surface area contributed by atoms with Crippen LogP contribution in [0.25, 0.3) is 0 Å². The molecule has 8 heteroatoms. The van der Waals surface area contributed by atoms with E-state index >= 15 is 0 Å². The van der Waals surface area contributed by atoms with Crippen LogP contribution in [0.4, 0.5) is 5.69 Å². The van der Waals surface area contributed by atoms with Crippen molar-refractivity contribution < 1.29 is 22.9 Å². The molecule has 0 aliphatic rings. The molecule has 0 amide bonds. The van der Waals surface area contributed by atoms with Gasteiger partial charge in [-0.2, -0.15) is 0 Å². The van der Waals surface area contributed by atoms with Gasteiger partial charge in [-0.05, 0) is 25.1 Å². The van der Waals surface area contributed by atoms with Crippen molar-refractivity contribution in [3.8, 4) is 0 Å². The molecular weight excluding hydrogens is 334 g/mol. The summed E-state index contributed by atoms with van der Waals surface area (Å²) in [7, 11) is -4.08. The lowest BCUT2D eigenvalue weighted by Gasteiger charge is -2.09. The number of hydrogen-bond acceptors (Lipinski definition) is 6. The number of hydrogen-bond donors (Lipinski definition) is 0. The van der Waals surface area contributed by atoms with Crippen molar-refractivity contribution in [1.82, 2.24) is 0 Å². The first-order chi connectivity index (χ1) is 11.4. The minimum atomic E-state index is -4.08. The molecule has 0 saturated carbocycles. The van der Waals surface area contributed by atoms with Crippen LogP contribution >= 0.6 is 0 Å². The predicted octanol–water partition coefficient (Wildman–Crippen LogP) is 2.53. The summed E-state index contributed by atoms with van der Waals surface area (Å²) in [6, 6.07) is 11.3. The van der Waals surface area contributed by atoms with Gasteiger partial charge in [0.15, 0.2) is 0 Å². The van der Waals surface area contributed by atoms with Crippen LogP contribution in [0, 0.1) is 10.1 Å². The lowest BCUT2D eigenvalue weighted by atomic mass is 10.1. The Kier molecular flexibility index (Phi) is 5.30. The van der Waals surface area contributed by atoms with E-state index in [2.05, 4.69) is 0 Å². The van der Waals surface area contributed by atoms with Crippen molar-refractivity contribution in [1.29, 1.82) is 0 Å². The van der Waals surface area contributed by atoms with Crippen molar-refractivity contribution in [2.75, 3.05) is 6.61 Å². The number of nitro benzene ring substituents is 1. The first kappa shape index (κ1) is 17.6. The van der Waals surface area contributed by atoms with Crippen LogP contribution in [0.5, 0.6) is 0 Å². The zero-order chi connectivity index (χ0) is 17.7. The van der Waals surface area contributed by atoms with Crippen LogP contribution in [-0.4, -0.2) is 25.9 Å². The maximum Gasteiger partial charge on any atom is 0.310 e. The van der Waals surface area contributed by atoms with Gasteiger partial charge in [0.2, 0.25) is 9.84 Å². The predicted molar refractivity (Wildman–Crippen MR) is 85.3 cm³/mol. The molecule has 2 aromatic rings. The number of carbonyl (C=O) groups excluding carboxylic acids is 1. The normalized spacial score (nSPS) is 11.0. The smallest absolute Gasteiger partial charge is 0.310 e. The minimum Gasteiger partial charge on any atom is -0.466 e. The second kappa shape index (κ2) is 7.22. The summed E-state index contributed by atoms with van der Waals surface area (Å²) < 4.78 is 30.2. The molecule has 2 aromatic carbocycles. The number of carbonyl (C=O) groups is 1. The highest BCUT2D eigenvalue weighted by atomic mass is 32.2. The molecule has 0 spiro atoms. The third-order valence-corrected chi connectivity index (χ3v) is 5.05. The Balaban J connectivity index is 2.59. The van der Waals surface area contributed by atoms with Gasteiger partial charge in [0, 0.05) is 5.56 Å². The van der Waals surface area contributed by atoms with Gasteiger partial charge in [-0.15, -0.1) is 0 Å². The zero-order valence-corrected chi connectivity index (χ0v) is 13.7. The molecule has 0 saturated heterocycles. The van der Waals surface area contributed by atoms with Crippen molar-refractivity contribution in [2.45, 2.75) is 23.1 Å². The highest BCUT2D eigenvalue weighted by Crippen LogP contribution is 2.32.